The fourth-order valence-corrected chi connectivity index (χ4v) is 2.89. The van der Waals surface area contributed by atoms with E-state index in [0.717, 1.165) is 24.8 Å². The largest absolute Gasteiger partial charge is 0.469 e. The SMILES string of the molecule is COC(=O)[C@H]1CC[C@@H](Nc2ccc(-c3ccc(F)cc3)nn2)C1. The summed E-state index contributed by atoms with van der Waals surface area (Å²) < 4.78 is 17.7. The summed E-state index contributed by atoms with van der Waals surface area (Å²) in [7, 11) is 1.42. The Hall–Kier alpha value is -2.50. The molecular weight excluding hydrogens is 297 g/mol. The predicted octanol–water partition coefficient (Wildman–Crippen LogP) is 3.04. The van der Waals surface area contributed by atoms with Crippen LogP contribution in [-0.4, -0.2) is 29.3 Å². The van der Waals surface area contributed by atoms with Crippen LogP contribution in [0.5, 0.6) is 0 Å². The van der Waals surface area contributed by atoms with Gasteiger partial charge < -0.3 is 10.1 Å². The first-order chi connectivity index (χ1) is 11.2. The number of anilines is 1. The normalized spacial score (nSPS) is 20.3. The molecule has 5 nitrogen and oxygen atoms in total. The summed E-state index contributed by atoms with van der Waals surface area (Å²) in [6.45, 7) is 0. The van der Waals surface area contributed by atoms with Crippen molar-refractivity contribution in [3.8, 4) is 11.3 Å². The average molecular weight is 315 g/mol. The highest BCUT2D eigenvalue weighted by Gasteiger charge is 2.30. The lowest BCUT2D eigenvalue weighted by molar-refractivity contribution is -0.145. The molecule has 23 heavy (non-hydrogen) atoms. The first kappa shape index (κ1) is 15.4. The smallest absolute Gasteiger partial charge is 0.308 e. The number of rotatable bonds is 4. The third-order valence-corrected chi connectivity index (χ3v) is 4.12. The Morgan fingerprint density at radius 1 is 1.17 bits per heavy atom. The second-order valence-electron chi connectivity index (χ2n) is 5.69. The van der Waals surface area contributed by atoms with Crippen molar-refractivity contribution in [1.82, 2.24) is 10.2 Å². The van der Waals surface area contributed by atoms with Crippen molar-refractivity contribution in [3.63, 3.8) is 0 Å². The number of aromatic nitrogens is 2. The molecule has 1 aromatic heterocycles. The Kier molecular flexibility index (Phi) is 4.50. The van der Waals surface area contributed by atoms with E-state index in [1.165, 1.54) is 19.2 Å². The van der Waals surface area contributed by atoms with Gasteiger partial charge in [-0.2, -0.15) is 0 Å². The summed E-state index contributed by atoms with van der Waals surface area (Å²) >= 11 is 0. The summed E-state index contributed by atoms with van der Waals surface area (Å²) in [5.74, 6) is 0.212. The summed E-state index contributed by atoms with van der Waals surface area (Å²) in [4.78, 5) is 11.5. The molecule has 0 bridgehead atoms. The standard InChI is InChI=1S/C17H18FN3O2/c1-23-17(22)12-4-7-14(10-12)19-16-9-8-15(20-21-16)11-2-5-13(18)6-3-11/h2-3,5-6,8-9,12,14H,4,7,10H2,1H3,(H,19,21)/t12-,14+/m0/s1. The van der Waals surface area contributed by atoms with Crippen molar-refractivity contribution < 1.29 is 13.9 Å². The summed E-state index contributed by atoms with van der Waals surface area (Å²) in [5, 5.41) is 11.6. The number of methoxy groups -OCH3 is 1. The molecule has 2 aromatic rings. The molecule has 6 heteroatoms. The summed E-state index contributed by atoms with van der Waals surface area (Å²) in [5.41, 5.74) is 1.51. The molecule has 1 aromatic carbocycles. The van der Waals surface area contributed by atoms with Gasteiger partial charge in [0.25, 0.3) is 0 Å². The van der Waals surface area contributed by atoms with Gasteiger partial charge in [0.2, 0.25) is 0 Å². The summed E-state index contributed by atoms with van der Waals surface area (Å²) in [6, 6.07) is 10.0. The van der Waals surface area contributed by atoms with E-state index in [9.17, 15) is 9.18 Å². The molecule has 120 valence electrons. The molecule has 0 unspecified atom stereocenters. The number of benzene rings is 1. The molecule has 2 atom stereocenters. The zero-order valence-electron chi connectivity index (χ0n) is 12.8. The van der Waals surface area contributed by atoms with E-state index in [2.05, 4.69) is 15.5 Å². The maximum absolute atomic E-state index is 12.9. The third kappa shape index (κ3) is 3.64. The number of nitrogens with zero attached hydrogens (tertiary/aromatic N) is 2. The number of nitrogens with one attached hydrogen (secondary N) is 1. The third-order valence-electron chi connectivity index (χ3n) is 4.12. The van der Waals surface area contributed by atoms with Gasteiger partial charge in [0.15, 0.2) is 0 Å². The van der Waals surface area contributed by atoms with Gasteiger partial charge in [-0.25, -0.2) is 4.39 Å². The Morgan fingerprint density at radius 2 is 1.96 bits per heavy atom. The maximum Gasteiger partial charge on any atom is 0.308 e. The Morgan fingerprint density at radius 3 is 2.61 bits per heavy atom. The lowest BCUT2D eigenvalue weighted by Crippen LogP contribution is -2.19. The number of carbonyl (C=O) groups is 1. The fraction of sp³-hybridized carbons (Fsp3) is 0.353. The van der Waals surface area contributed by atoms with Gasteiger partial charge >= 0.3 is 5.97 Å². The molecule has 3 rings (SSSR count). The van der Waals surface area contributed by atoms with Crippen molar-refractivity contribution in [2.75, 3.05) is 12.4 Å². The zero-order valence-corrected chi connectivity index (χ0v) is 12.8. The second-order valence-corrected chi connectivity index (χ2v) is 5.69. The van der Waals surface area contributed by atoms with E-state index in [4.69, 9.17) is 4.74 Å². The quantitative estimate of drug-likeness (QED) is 0.879. The number of hydrogen-bond donors (Lipinski definition) is 1. The molecule has 1 aliphatic carbocycles. The van der Waals surface area contributed by atoms with Crippen LogP contribution < -0.4 is 5.32 Å². The molecule has 1 N–H and O–H groups in total. The molecule has 0 radical (unpaired) electrons. The highest BCUT2D eigenvalue weighted by Crippen LogP contribution is 2.28. The van der Waals surface area contributed by atoms with Crippen molar-refractivity contribution in [2.24, 2.45) is 5.92 Å². The van der Waals surface area contributed by atoms with E-state index >= 15 is 0 Å². The van der Waals surface area contributed by atoms with Gasteiger partial charge in [-0.3, -0.25) is 4.79 Å². The Bertz CT molecular complexity index is 673. The van der Waals surface area contributed by atoms with Crippen LogP contribution in [0.1, 0.15) is 19.3 Å². The van der Waals surface area contributed by atoms with Crippen LogP contribution in [-0.2, 0) is 9.53 Å². The Labute approximate surface area is 133 Å². The molecule has 1 saturated carbocycles. The van der Waals surface area contributed by atoms with Crippen LogP contribution in [0.25, 0.3) is 11.3 Å². The van der Waals surface area contributed by atoms with Crippen LogP contribution in [0.2, 0.25) is 0 Å². The number of hydrogen-bond acceptors (Lipinski definition) is 5. The van der Waals surface area contributed by atoms with E-state index in [-0.39, 0.29) is 23.7 Å². The van der Waals surface area contributed by atoms with Crippen molar-refractivity contribution >= 4 is 11.8 Å². The predicted molar refractivity (Wildman–Crippen MR) is 84.2 cm³/mol. The lowest BCUT2D eigenvalue weighted by atomic mass is 10.1. The number of esters is 1. The van der Waals surface area contributed by atoms with Gasteiger partial charge in [0, 0.05) is 11.6 Å². The maximum atomic E-state index is 12.9. The molecule has 0 spiro atoms. The number of ether oxygens (including phenoxy) is 1. The zero-order chi connectivity index (χ0) is 16.2. The molecule has 0 amide bonds. The van der Waals surface area contributed by atoms with Gasteiger partial charge in [-0.05, 0) is 55.7 Å². The van der Waals surface area contributed by atoms with Crippen molar-refractivity contribution in [3.05, 3.63) is 42.2 Å². The second kappa shape index (κ2) is 6.73. The molecule has 0 aliphatic heterocycles. The van der Waals surface area contributed by atoms with Gasteiger partial charge in [-0.15, -0.1) is 10.2 Å². The molecular formula is C17H18FN3O2. The van der Waals surface area contributed by atoms with Gasteiger partial charge in [0.1, 0.15) is 11.6 Å². The molecule has 1 fully saturated rings. The first-order valence-corrected chi connectivity index (χ1v) is 7.60. The Balaban J connectivity index is 1.62. The molecule has 1 aliphatic rings. The van der Waals surface area contributed by atoms with Crippen molar-refractivity contribution in [2.45, 2.75) is 25.3 Å². The monoisotopic (exact) mass is 315 g/mol. The minimum atomic E-state index is -0.276. The first-order valence-electron chi connectivity index (χ1n) is 7.60. The van der Waals surface area contributed by atoms with Crippen LogP contribution in [0.3, 0.4) is 0 Å². The van der Waals surface area contributed by atoms with Crippen LogP contribution in [0, 0.1) is 11.7 Å². The summed E-state index contributed by atoms with van der Waals surface area (Å²) in [6.07, 6.45) is 2.47. The minimum Gasteiger partial charge on any atom is -0.469 e. The van der Waals surface area contributed by atoms with Crippen LogP contribution in [0.4, 0.5) is 10.2 Å². The van der Waals surface area contributed by atoms with Gasteiger partial charge in [-0.1, -0.05) is 0 Å². The average Bonchev–Trinajstić information content (AvgIpc) is 3.04. The van der Waals surface area contributed by atoms with Gasteiger partial charge in [0.05, 0.1) is 18.7 Å². The van der Waals surface area contributed by atoms with E-state index in [0.29, 0.717) is 11.5 Å². The highest BCUT2D eigenvalue weighted by atomic mass is 19.1. The minimum absolute atomic E-state index is 0.0380. The van der Waals surface area contributed by atoms with E-state index in [1.54, 1.807) is 12.1 Å². The molecule has 0 saturated heterocycles. The van der Waals surface area contributed by atoms with Crippen molar-refractivity contribution in [1.29, 1.82) is 0 Å². The number of halogens is 1. The lowest BCUT2D eigenvalue weighted by Gasteiger charge is -2.13. The van der Waals surface area contributed by atoms with Crippen LogP contribution in [0.15, 0.2) is 36.4 Å². The van der Waals surface area contributed by atoms with E-state index in [1.807, 2.05) is 12.1 Å². The highest BCUT2D eigenvalue weighted by molar-refractivity contribution is 5.72. The number of carbonyl (C=O) groups excluding carboxylic acids is 1. The fourth-order valence-electron chi connectivity index (χ4n) is 2.89. The van der Waals surface area contributed by atoms with Crippen LogP contribution >= 0.6 is 0 Å². The topological polar surface area (TPSA) is 64.1 Å². The van der Waals surface area contributed by atoms with E-state index < -0.39 is 0 Å². The molecule has 1 heterocycles.